The fraction of sp³-hybridized carbons (Fsp3) is 0. The molecule has 3 rings (SSSR count). The SMILES string of the molecule is O=C(O)c1csc(-n2[nH]c(-c3cccc(Cl)c3)cc2=O)n1. The molecule has 0 aliphatic heterocycles. The average molecular weight is 322 g/mol. The molecule has 0 aliphatic carbocycles. The molecule has 0 amide bonds. The Morgan fingerprint density at radius 2 is 2.19 bits per heavy atom. The third-order valence-electron chi connectivity index (χ3n) is 2.76. The summed E-state index contributed by atoms with van der Waals surface area (Å²) in [5.74, 6) is -1.13. The molecule has 8 heteroatoms. The maximum Gasteiger partial charge on any atom is 0.355 e. The van der Waals surface area contributed by atoms with Crippen molar-refractivity contribution in [2.24, 2.45) is 0 Å². The molecule has 1 aromatic carbocycles. The number of nitrogens with one attached hydrogen (secondary N) is 1. The van der Waals surface area contributed by atoms with Crippen LogP contribution in [0.5, 0.6) is 0 Å². The summed E-state index contributed by atoms with van der Waals surface area (Å²) >= 11 is 6.99. The number of hydrogen-bond donors (Lipinski definition) is 2. The highest BCUT2D eigenvalue weighted by Crippen LogP contribution is 2.21. The highest BCUT2D eigenvalue weighted by molar-refractivity contribution is 7.12. The number of carbonyl (C=O) groups is 1. The lowest BCUT2D eigenvalue weighted by atomic mass is 10.2. The normalized spacial score (nSPS) is 10.7. The first-order chi connectivity index (χ1) is 10.0. The van der Waals surface area contributed by atoms with Crippen molar-refractivity contribution < 1.29 is 9.90 Å². The van der Waals surface area contributed by atoms with Crippen molar-refractivity contribution in [3.63, 3.8) is 0 Å². The van der Waals surface area contributed by atoms with Crippen LogP contribution >= 0.6 is 22.9 Å². The highest BCUT2D eigenvalue weighted by Gasteiger charge is 2.13. The Kier molecular flexibility index (Phi) is 3.36. The van der Waals surface area contributed by atoms with Gasteiger partial charge in [-0.1, -0.05) is 23.7 Å². The highest BCUT2D eigenvalue weighted by atomic mass is 35.5. The van der Waals surface area contributed by atoms with Crippen LogP contribution in [0.15, 0.2) is 40.5 Å². The summed E-state index contributed by atoms with van der Waals surface area (Å²) in [6.45, 7) is 0. The fourth-order valence-electron chi connectivity index (χ4n) is 1.81. The molecule has 6 nitrogen and oxygen atoms in total. The van der Waals surface area contributed by atoms with Crippen LogP contribution in [-0.2, 0) is 0 Å². The van der Waals surface area contributed by atoms with Crippen LogP contribution < -0.4 is 5.56 Å². The molecule has 0 unspecified atom stereocenters. The lowest BCUT2D eigenvalue weighted by Gasteiger charge is -1.99. The van der Waals surface area contributed by atoms with E-state index in [0.717, 1.165) is 16.9 Å². The number of rotatable bonds is 3. The Bertz CT molecular complexity index is 881. The number of carboxylic acids is 1. The maximum atomic E-state index is 12.0. The Morgan fingerprint density at radius 1 is 1.38 bits per heavy atom. The monoisotopic (exact) mass is 321 g/mol. The molecule has 3 aromatic rings. The van der Waals surface area contributed by atoms with E-state index < -0.39 is 5.97 Å². The molecular weight excluding hydrogens is 314 g/mol. The predicted molar refractivity (Wildman–Crippen MR) is 79.5 cm³/mol. The summed E-state index contributed by atoms with van der Waals surface area (Å²) in [4.78, 5) is 26.7. The molecule has 0 saturated heterocycles. The molecule has 0 radical (unpaired) electrons. The Hall–Kier alpha value is -2.38. The van der Waals surface area contributed by atoms with E-state index in [2.05, 4.69) is 10.1 Å². The quantitative estimate of drug-likeness (QED) is 0.776. The summed E-state index contributed by atoms with van der Waals surface area (Å²) in [6, 6.07) is 8.46. The minimum Gasteiger partial charge on any atom is -0.476 e. The van der Waals surface area contributed by atoms with E-state index >= 15 is 0 Å². The predicted octanol–water partition coefficient (Wildman–Crippen LogP) is 2.64. The van der Waals surface area contributed by atoms with E-state index in [1.807, 2.05) is 6.07 Å². The van der Waals surface area contributed by atoms with Gasteiger partial charge in [0.25, 0.3) is 5.56 Å². The molecule has 0 aliphatic rings. The molecule has 2 N–H and O–H groups in total. The van der Waals surface area contributed by atoms with Crippen LogP contribution in [0.1, 0.15) is 10.5 Å². The second-order valence-electron chi connectivity index (χ2n) is 4.17. The number of H-pyrrole nitrogens is 1. The second-order valence-corrected chi connectivity index (χ2v) is 5.45. The van der Waals surface area contributed by atoms with E-state index in [1.165, 1.54) is 16.1 Å². The molecule has 0 spiro atoms. The van der Waals surface area contributed by atoms with Crippen LogP contribution in [0, 0.1) is 0 Å². The van der Waals surface area contributed by atoms with Gasteiger partial charge in [-0.25, -0.2) is 9.78 Å². The number of aromatic nitrogens is 3. The molecular formula is C13H8ClN3O3S. The molecule has 2 aromatic heterocycles. The summed E-state index contributed by atoms with van der Waals surface area (Å²) in [5, 5.41) is 14.0. The third-order valence-corrected chi connectivity index (χ3v) is 3.82. The van der Waals surface area contributed by atoms with Crippen molar-refractivity contribution in [2.75, 3.05) is 0 Å². The summed E-state index contributed by atoms with van der Waals surface area (Å²) in [7, 11) is 0. The van der Waals surface area contributed by atoms with Crippen LogP contribution in [0.2, 0.25) is 5.02 Å². The van der Waals surface area contributed by atoms with Crippen LogP contribution in [0.25, 0.3) is 16.4 Å². The van der Waals surface area contributed by atoms with Gasteiger partial charge in [-0.15, -0.1) is 11.3 Å². The third kappa shape index (κ3) is 2.61. The maximum absolute atomic E-state index is 12.0. The number of benzene rings is 1. The number of halogens is 1. The number of carboxylic acid groups (broad SMARTS) is 1. The van der Waals surface area contributed by atoms with Crippen LogP contribution in [-0.4, -0.2) is 25.8 Å². The number of hydrogen-bond acceptors (Lipinski definition) is 4. The van der Waals surface area contributed by atoms with Crippen molar-refractivity contribution in [3.8, 4) is 16.4 Å². The average Bonchev–Trinajstić information content (AvgIpc) is 3.05. The second kappa shape index (κ2) is 5.19. The first-order valence-electron chi connectivity index (χ1n) is 5.82. The Morgan fingerprint density at radius 3 is 2.86 bits per heavy atom. The van der Waals surface area contributed by atoms with Gasteiger partial charge in [-0.2, -0.15) is 4.68 Å². The van der Waals surface area contributed by atoms with Gasteiger partial charge in [-0.05, 0) is 12.1 Å². The molecule has 21 heavy (non-hydrogen) atoms. The number of aromatic carboxylic acids is 1. The summed E-state index contributed by atoms with van der Waals surface area (Å²) < 4.78 is 1.20. The first-order valence-corrected chi connectivity index (χ1v) is 7.07. The van der Waals surface area contributed by atoms with E-state index in [1.54, 1.807) is 18.2 Å². The van der Waals surface area contributed by atoms with E-state index in [-0.39, 0.29) is 16.4 Å². The zero-order chi connectivity index (χ0) is 15.0. The standard InChI is InChI=1S/C13H8ClN3O3S/c14-8-3-1-2-7(4-8)9-5-11(18)17(16-9)13-15-10(6-21-13)12(19)20/h1-6,16H,(H,19,20). The largest absolute Gasteiger partial charge is 0.476 e. The van der Waals surface area contributed by atoms with Crippen LogP contribution in [0.3, 0.4) is 0 Å². The van der Waals surface area contributed by atoms with Gasteiger partial charge in [0.05, 0.1) is 5.69 Å². The molecule has 0 saturated carbocycles. The molecule has 0 fully saturated rings. The Labute approximate surface area is 127 Å². The zero-order valence-electron chi connectivity index (χ0n) is 10.4. The van der Waals surface area contributed by atoms with E-state index in [9.17, 15) is 9.59 Å². The van der Waals surface area contributed by atoms with Gasteiger partial charge in [-0.3, -0.25) is 9.89 Å². The topological polar surface area (TPSA) is 88.0 Å². The van der Waals surface area contributed by atoms with Gasteiger partial charge >= 0.3 is 5.97 Å². The zero-order valence-corrected chi connectivity index (χ0v) is 12.0. The van der Waals surface area contributed by atoms with Crippen molar-refractivity contribution in [1.82, 2.24) is 14.8 Å². The number of nitrogens with zero attached hydrogens (tertiary/aromatic N) is 2. The number of aromatic amines is 1. The smallest absolute Gasteiger partial charge is 0.355 e. The molecule has 2 heterocycles. The van der Waals surface area contributed by atoms with Gasteiger partial charge in [0.1, 0.15) is 0 Å². The molecule has 106 valence electrons. The number of thiazole rings is 1. The summed E-state index contributed by atoms with van der Waals surface area (Å²) in [5.41, 5.74) is 0.917. The molecule has 0 bridgehead atoms. The van der Waals surface area contributed by atoms with Crippen LogP contribution in [0.4, 0.5) is 0 Å². The van der Waals surface area contributed by atoms with Gasteiger partial charge in [0.15, 0.2) is 5.69 Å². The van der Waals surface area contributed by atoms with E-state index in [0.29, 0.717) is 10.7 Å². The minimum absolute atomic E-state index is 0.0965. The lowest BCUT2D eigenvalue weighted by Crippen LogP contribution is -2.13. The van der Waals surface area contributed by atoms with Crippen molar-refractivity contribution >= 4 is 28.9 Å². The van der Waals surface area contributed by atoms with E-state index in [4.69, 9.17) is 16.7 Å². The minimum atomic E-state index is -1.13. The molecule has 0 atom stereocenters. The summed E-state index contributed by atoms with van der Waals surface area (Å²) in [6.07, 6.45) is 0. The lowest BCUT2D eigenvalue weighted by molar-refractivity contribution is 0.0691. The first kappa shape index (κ1) is 13.6. The fourth-order valence-corrected chi connectivity index (χ4v) is 2.76. The van der Waals surface area contributed by atoms with Crippen molar-refractivity contribution in [3.05, 3.63) is 56.8 Å². The Balaban J connectivity index is 2.05. The van der Waals surface area contributed by atoms with Crippen molar-refractivity contribution in [1.29, 1.82) is 0 Å². The van der Waals surface area contributed by atoms with Gasteiger partial charge in [0.2, 0.25) is 5.13 Å². The van der Waals surface area contributed by atoms with Crippen molar-refractivity contribution in [2.45, 2.75) is 0 Å². The van der Waals surface area contributed by atoms with Gasteiger partial charge in [0, 0.05) is 22.0 Å². The van der Waals surface area contributed by atoms with Gasteiger partial charge < -0.3 is 5.11 Å².